The van der Waals surface area contributed by atoms with Crippen LogP contribution in [0.25, 0.3) is 32.7 Å². The second kappa shape index (κ2) is 6.92. The number of aromatic amines is 2. The molecular weight excluding hydrogens is 330 g/mol. The molecule has 6 nitrogen and oxygen atoms in total. The second-order valence-corrected chi connectivity index (χ2v) is 6.44. The van der Waals surface area contributed by atoms with Gasteiger partial charge in [-0.25, -0.2) is 0 Å². The normalized spacial score (nSPS) is 12.0. The molecule has 0 bridgehead atoms. The molecule has 26 heavy (non-hydrogen) atoms. The van der Waals surface area contributed by atoms with Crippen LogP contribution in [0.5, 0.6) is 0 Å². The molecule has 2 heterocycles. The molecule has 0 unspecified atom stereocenters. The number of nitrogens with zero attached hydrogens (tertiary/aromatic N) is 1. The van der Waals surface area contributed by atoms with Gasteiger partial charge in [0.1, 0.15) is 0 Å². The van der Waals surface area contributed by atoms with E-state index in [1.54, 1.807) is 0 Å². The number of fused-ring (bicyclic) bond motifs is 5. The zero-order valence-corrected chi connectivity index (χ0v) is 14.3. The number of rotatable bonds is 6. The first kappa shape index (κ1) is 16.8. The fourth-order valence-corrected chi connectivity index (χ4v) is 3.62. The van der Waals surface area contributed by atoms with E-state index in [2.05, 4.69) is 9.97 Å². The van der Waals surface area contributed by atoms with E-state index in [1.807, 2.05) is 47.4 Å². The summed E-state index contributed by atoms with van der Waals surface area (Å²) >= 11 is 0. The molecular formula is C20H21N3O3. The van der Waals surface area contributed by atoms with E-state index in [0.717, 1.165) is 32.9 Å². The minimum atomic E-state index is -0.0957. The SMILES string of the molecule is O=c1[nH]c2c3cccc(CN(CCO)CCO)c3[nH]c2c2ccccc12. The minimum Gasteiger partial charge on any atom is -0.395 e. The quantitative estimate of drug-likeness (QED) is 0.427. The van der Waals surface area contributed by atoms with Gasteiger partial charge in [0.2, 0.25) is 0 Å². The third-order valence-electron chi connectivity index (χ3n) is 4.83. The summed E-state index contributed by atoms with van der Waals surface area (Å²) in [5.41, 5.74) is 3.66. The fraction of sp³-hybridized carbons (Fsp3) is 0.250. The highest BCUT2D eigenvalue weighted by molar-refractivity contribution is 6.15. The van der Waals surface area contributed by atoms with Gasteiger partial charge in [-0.15, -0.1) is 0 Å². The number of aliphatic hydroxyl groups excluding tert-OH is 2. The summed E-state index contributed by atoms with van der Waals surface area (Å²) in [6, 6.07) is 13.5. The average Bonchev–Trinajstić information content (AvgIpc) is 3.02. The number of H-pyrrole nitrogens is 2. The van der Waals surface area contributed by atoms with Crippen molar-refractivity contribution in [1.82, 2.24) is 14.9 Å². The summed E-state index contributed by atoms with van der Waals surface area (Å²) in [6.07, 6.45) is 0. The van der Waals surface area contributed by atoms with E-state index >= 15 is 0 Å². The van der Waals surface area contributed by atoms with Gasteiger partial charge in [0.25, 0.3) is 5.56 Å². The van der Waals surface area contributed by atoms with Gasteiger partial charge in [-0.05, 0) is 11.6 Å². The lowest BCUT2D eigenvalue weighted by Gasteiger charge is -2.20. The van der Waals surface area contributed by atoms with Gasteiger partial charge in [0.05, 0.1) is 29.8 Å². The molecule has 0 saturated heterocycles. The van der Waals surface area contributed by atoms with Gasteiger partial charge < -0.3 is 20.2 Å². The highest BCUT2D eigenvalue weighted by atomic mass is 16.3. The third-order valence-corrected chi connectivity index (χ3v) is 4.83. The summed E-state index contributed by atoms with van der Waals surface area (Å²) in [6.45, 7) is 1.68. The molecule has 0 spiro atoms. The van der Waals surface area contributed by atoms with Crippen molar-refractivity contribution in [2.45, 2.75) is 6.54 Å². The Morgan fingerprint density at radius 3 is 2.15 bits per heavy atom. The van der Waals surface area contributed by atoms with Crippen molar-refractivity contribution in [2.24, 2.45) is 0 Å². The molecule has 0 amide bonds. The van der Waals surface area contributed by atoms with Crippen LogP contribution in [0.2, 0.25) is 0 Å². The smallest absolute Gasteiger partial charge is 0.256 e. The van der Waals surface area contributed by atoms with Crippen molar-refractivity contribution in [3.63, 3.8) is 0 Å². The molecule has 0 aliphatic heterocycles. The first-order valence-electron chi connectivity index (χ1n) is 8.71. The predicted molar refractivity (Wildman–Crippen MR) is 103 cm³/mol. The molecule has 4 rings (SSSR count). The predicted octanol–water partition coefficient (Wildman–Crippen LogP) is 1.95. The molecule has 4 aromatic rings. The van der Waals surface area contributed by atoms with Crippen LogP contribution in [0.3, 0.4) is 0 Å². The molecule has 2 aromatic heterocycles. The van der Waals surface area contributed by atoms with Gasteiger partial charge in [0, 0.05) is 35.8 Å². The molecule has 2 aromatic carbocycles. The lowest BCUT2D eigenvalue weighted by atomic mass is 10.1. The minimum absolute atomic E-state index is 0.0423. The molecule has 0 radical (unpaired) electrons. The first-order valence-corrected chi connectivity index (χ1v) is 8.71. The lowest BCUT2D eigenvalue weighted by molar-refractivity contribution is 0.156. The lowest BCUT2D eigenvalue weighted by Crippen LogP contribution is -2.29. The highest BCUT2D eigenvalue weighted by Gasteiger charge is 2.14. The van der Waals surface area contributed by atoms with Gasteiger partial charge in [0.15, 0.2) is 0 Å². The standard InChI is InChI=1S/C20H21N3O3/c24-10-8-23(9-11-25)12-13-4-3-7-16-17(13)21-18-14-5-1-2-6-15(14)20(26)22-19(16)18/h1-7,21,24-25H,8-12H2,(H,22,26). The van der Waals surface area contributed by atoms with E-state index in [1.165, 1.54) is 0 Å². The monoisotopic (exact) mass is 351 g/mol. The maximum absolute atomic E-state index is 12.4. The van der Waals surface area contributed by atoms with Gasteiger partial charge in [-0.2, -0.15) is 0 Å². The molecule has 134 valence electrons. The summed E-state index contributed by atoms with van der Waals surface area (Å²) < 4.78 is 0. The zero-order valence-electron chi connectivity index (χ0n) is 14.3. The van der Waals surface area contributed by atoms with Crippen molar-refractivity contribution >= 4 is 32.7 Å². The maximum Gasteiger partial charge on any atom is 0.256 e. The number of nitrogens with one attached hydrogen (secondary N) is 2. The number of hydrogen-bond donors (Lipinski definition) is 4. The number of hydrogen-bond acceptors (Lipinski definition) is 4. The van der Waals surface area contributed by atoms with Crippen LogP contribution >= 0.6 is 0 Å². The molecule has 0 aliphatic rings. The van der Waals surface area contributed by atoms with Crippen LogP contribution in [0.15, 0.2) is 47.3 Å². The third kappa shape index (κ3) is 2.78. The van der Waals surface area contributed by atoms with E-state index in [4.69, 9.17) is 0 Å². The van der Waals surface area contributed by atoms with Crippen LogP contribution in [-0.2, 0) is 6.54 Å². The summed E-state index contributed by atoms with van der Waals surface area (Å²) in [4.78, 5) is 20.9. The van der Waals surface area contributed by atoms with E-state index in [0.29, 0.717) is 25.0 Å². The Morgan fingerprint density at radius 1 is 0.769 bits per heavy atom. The summed E-state index contributed by atoms with van der Waals surface area (Å²) in [5.74, 6) is 0. The van der Waals surface area contributed by atoms with Crippen molar-refractivity contribution in [3.05, 3.63) is 58.4 Å². The molecule has 0 saturated carbocycles. The number of para-hydroxylation sites is 1. The number of pyridine rings is 1. The van der Waals surface area contributed by atoms with Crippen molar-refractivity contribution in [2.75, 3.05) is 26.3 Å². The van der Waals surface area contributed by atoms with Gasteiger partial charge >= 0.3 is 0 Å². The van der Waals surface area contributed by atoms with Crippen LogP contribution in [0, 0.1) is 0 Å². The Bertz CT molecular complexity index is 1120. The van der Waals surface area contributed by atoms with Gasteiger partial charge in [-0.1, -0.05) is 36.4 Å². The number of benzene rings is 2. The van der Waals surface area contributed by atoms with E-state index in [-0.39, 0.29) is 18.8 Å². The highest BCUT2D eigenvalue weighted by Crippen LogP contribution is 2.30. The maximum atomic E-state index is 12.4. The molecule has 0 atom stereocenters. The second-order valence-electron chi connectivity index (χ2n) is 6.44. The molecule has 0 fully saturated rings. The Hall–Kier alpha value is -2.67. The number of aliphatic hydroxyl groups is 2. The zero-order chi connectivity index (χ0) is 18.1. The molecule has 0 aliphatic carbocycles. The van der Waals surface area contributed by atoms with Crippen LogP contribution < -0.4 is 5.56 Å². The average molecular weight is 351 g/mol. The van der Waals surface area contributed by atoms with Gasteiger partial charge in [-0.3, -0.25) is 9.69 Å². The van der Waals surface area contributed by atoms with Crippen LogP contribution in [0.4, 0.5) is 0 Å². The van der Waals surface area contributed by atoms with Crippen molar-refractivity contribution in [3.8, 4) is 0 Å². The largest absolute Gasteiger partial charge is 0.395 e. The fourth-order valence-electron chi connectivity index (χ4n) is 3.62. The topological polar surface area (TPSA) is 92.3 Å². The Labute approximate surface area is 149 Å². The molecule has 6 heteroatoms. The van der Waals surface area contributed by atoms with Crippen molar-refractivity contribution < 1.29 is 10.2 Å². The van der Waals surface area contributed by atoms with Crippen molar-refractivity contribution in [1.29, 1.82) is 0 Å². The van der Waals surface area contributed by atoms with Crippen LogP contribution in [-0.4, -0.2) is 51.4 Å². The van der Waals surface area contributed by atoms with E-state index in [9.17, 15) is 15.0 Å². The Balaban J connectivity index is 1.92. The van der Waals surface area contributed by atoms with E-state index < -0.39 is 0 Å². The Kier molecular flexibility index (Phi) is 4.46. The first-order chi connectivity index (χ1) is 12.7. The Morgan fingerprint density at radius 2 is 1.42 bits per heavy atom. The van der Waals surface area contributed by atoms with Crippen LogP contribution in [0.1, 0.15) is 5.56 Å². The number of aromatic nitrogens is 2. The summed E-state index contributed by atoms with van der Waals surface area (Å²) in [5, 5.41) is 21.0. The summed E-state index contributed by atoms with van der Waals surface area (Å²) in [7, 11) is 0. The molecule has 4 N–H and O–H groups in total.